The van der Waals surface area contributed by atoms with Gasteiger partial charge in [0.15, 0.2) is 0 Å². The summed E-state index contributed by atoms with van der Waals surface area (Å²) in [5.41, 5.74) is 1.86. The predicted octanol–water partition coefficient (Wildman–Crippen LogP) is 2.64. The molecule has 130 valence electrons. The van der Waals surface area contributed by atoms with Gasteiger partial charge in [-0.15, -0.1) is 0 Å². The van der Waals surface area contributed by atoms with Crippen molar-refractivity contribution in [3.8, 4) is 0 Å². The minimum absolute atomic E-state index is 0.158. The minimum Gasteiger partial charge on any atom is -0.447 e. The first-order valence-electron chi connectivity index (χ1n) is 8.46. The number of carbonyl (C=O) groups excluding carboxylic acids is 2. The van der Waals surface area contributed by atoms with E-state index in [1.807, 2.05) is 48.5 Å². The number of amides is 1. The highest BCUT2D eigenvalue weighted by Gasteiger charge is 2.30. The molecule has 1 amide bonds. The van der Waals surface area contributed by atoms with Crippen molar-refractivity contribution in [1.82, 2.24) is 4.90 Å². The molecule has 0 unspecified atom stereocenters. The molecule has 0 radical (unpaired) electrons. The summed E-state index contributed by atoms with van der Waals surface area (Å²) >= 11 is 0. The van der Waals surface area contributed by atoms with Gasteiger partial charge < -0.3 is 14.5 Å². The van der Waals surface area contributed by atoms with Gasteiger partial charge in [-0.25, -0.2) is 0 Å². The largest absolute Gasteiger partial charge is 0.447 e. The Kier molecular flexibility index (Phi) is 5.33. The third-order valence-electron chi connectivity index (χ3n) is 4.32. The summed E-state index contributed by atoms with van der Waals surface area (Å²) in [6.45, 7) is 4.07. The van der Waals surface area contributed by atoms with E-state index in [4.69, 9.17) is 4.74 Å². The number of rotatable bonds is 4. The van der Waals surface area contributed by atoms with Crippen molar-refractivity contribution >= 4 is 17.6 Å². The van der Waals surface area contributed by atoms with Crippen LogP contribution in [0.15, 0.2) is 60.7 Å². The number of para-hydroxylation sites is 1. The molecule has 1 saturated heterocycles. The molecule has 0 N–H and O–H groups in total. The van der Waals surface area contributed by atoms with Gasteiger partial charge in [-0.2, -0.15) is 0 Å². The van der Waals surface area contributed by atoms with Crippen LogP contribution in [0.1, 0.15) is 18.6 Å². The highest BCUT2D eigenvalue weighted by molar-refractivity contribution is 5.85. The number of nitrogens with zero attached hydrogens (tertiary/aromatic N) is 2. The molecule has 1 heterocycles. The van der Waals surface area contributed by atoms with Crippen molar-refractivity contribution in [1.29, 1.82) is 0 Å². The highest BCUT2D eigenvalue weighted by atomic mass is 16.5. The number of carbonyl (C=O) groups is 2. The zero-order chi connectivity index (χ0) is 17.6. The summed E-state index contributed by atoms with van der Waals surface area (Å²) in [5.74, 6) is -0.612. The first-order valence-corrected chi connectivity index (χ1v) is 8.46. The lowest BCUT2D eigenvalue weighted by atomic mass is 10.1. The fourth-order valence-corrected chi connectivity index (χ4v) is 3.04. The fourth-order valence-electron chi connectivity index (χ4n) is 3.04. The van der Waals surface area contributed by atoms with E-state index in [0.717, 1.165) is 18.8 Å². The van der Waals surface area contributed by atoms with Crippen molar-refractivity contribution in [2.45, 2.75) is 13.0 Å². The van der Waals surface area contributed by atoms with E-state index in [2.05, 4.69) is 17.0 Å². The maximum atomic E-state index is 12.9. The number of hydrogen-bond donors (Lipinski definition) is 0. The molecule has 1 aliphatic heterocycles. The molecule has 0 aromatic heterocycles. The first-order chi connectivity index (χ1) is 12.1. The van der Waals surface area contributed by atoms with Crippen LogP contribution in [0, 0.1) is 0 Å². The number of ether oxygens (including phenoxy) is 1. The summed E-state index contributed by atoms with van der Waals surface area (Å²) in [6.07, 6.45) is -0.873. The minimum atomic E-state index is -0.873. The van der Waals surface area contributed by atoms with Crippen LogP contribution in [0.3, 0.4) is 0 Å². The van der Waals surface area contributed by atoms with Crippen molar-refractivity contribution in [3.63, 3.8) is 0 Å². The Labute approximate surface area is 147 Å². The summed E-state index contributed by atoms with van der Waals surface area (Å²) in [5, 5.41) is 0. The van der Waals surface area contributed by atoms with Crippen LogP contribution in [0.5, 0.6) is 0 Å². The molecule has 0 saturated carbocycles. The average Bonchev–Trinajstić information content (AvgIpc) is 2.67. The Morgan fingerprint density at radius 1 is 0.880 bits per heavy atom. The molecule has 1 aliphatic rings. The van der Waals surface area contributed by atoms with Crippen LogP contribution >= 0.6 is 0 Å². The maximum Gasteiger partial charge on any atom is 0.303 e. The van der Waals surface area contributed by atoms with E-state index in [-0.39, 0.29) is 5.91 Å². The Balaban J connectivity index is 1.68. The molecule has 3 rings (SSSR count). The van der Waals surface area contributed by atoms with E-state index in [9.17, 15) is 9.59 Å². The SMILES string of the molecule is CC(=O)O[C@H](C(=O)N1CCN(c2ccccc2)CC1)c1ccccc1. The Morgan fingerprint density at radius 3 is 2.00 bits per heavy atom. The molecule has 1 atom stereocenters. The summed E-state index contributed by atoms with van der Waals surface area (Å²) in [7, 11) is 0. The average molecular weight is 338 g/mol. The topological polar surface area (TPSA) is 49.9 Å². The second-order valence-electron chi connectivity index (χ2n) is 6.05. The standard InChI is InChI=1S/C20H22N2O3/c1-16(23)25-19(17-8-4-2-5-9-17)20(24)22-14-12-21(13-15-22)18-10-6-3-7-11-18/h2-11,19H,12-15H2,1H3/t19-/m0/s1. The van der Waals surface area contributed by atoms with E-state index in [1.165, 1.54) is 6.92 Å². The lowest BCUT2D eigenvalue weighted by Gasteiger charge is -2.37. The number of anilines is 1. The van der Waals surface area contributed by atoms with Crippen LogP contribution in [0.4, 0.5) is 5.69 Å². The van der Waals surface area contributed by atoms with Crippen molar-refractivity contribution in [2.75, 3.05) is 31.1 Å². The van der Waals surface area contributed by atoms with E-state index in [1.54, 1.807) is 4.90 Å². The number of esters is 1. The van der Waals surface area contributed by atoms with Crippen LogP contribution in [-0.4, -0.2) is 43.0 Å². The molecule has 5 heteroatoms. The van der Waals surface area contributed by atoms with Gasteiger partial charge in [0, 0.05) is 44.4 Å². The fraction of sp³-hybridized carbons (Fsp3) is 0.300. The Bertz CT molecular complexity index is 710. The number of piperazine rings is 1. The van der Waals surface area contributed by atoms with E-state index < -0.39 is 12.1 Å². The van der Waals surface area contributed by atoms with Crippen LogP contribution in [-0.2, 0) is 14.3 Å². The summed E-state index contributed by atoms with van der Waals surface area (Å²) in [4.78, 5) is 28.4. The van der Waals surface area contributed by atoms with Gasteiger partial charge in [-0.05, 0) is 12.1 Å². The van der Waals surface area contributed by atoms with Gasteiger partial charge in [0.1, 0.15) is 0 Å². The summed E-state index contributed by atoms with van der Waals surface area (Å²) < 4.78 is 5.32. The maximum absolute atomic E-state index is 12.9. The third-order valence-corrected chi connectivity index (χ3v) is 4.32. The molecule has 0 aliphatic carbocycles. The van der Waals surface area contributed by atoms with E-state index in [0.29, 0.717) is 18.7 Å². The molecular weight excluding hydrogens is 316 g/mol. The van der Waals surface area contributed by atoms with Crippen LogP contribution in [0.2, 0.25) is 0 Å². The molecular formula is C20H22N2O3. The molecule has 5 nitrogen and oxygen atoms in total. The monoisotopic (exact) mass is 338 g/mol. The van der Waals surface area contributed by atoms with Crippen molar-refractivity contribution in [2.24, 2.45) is 0 Å². The molecule has 1 fully saturated rings. The second-order valence-corrected chi connectivity index (χ2v) is 6.05. The summed E-state index contributed by atoms with van der Waals surface area (Å²) in [6, 6.07) is 19.3. The van der Waals surface area contributed by atoms with Crippen molar-refractivity contribution in [3.05, 3.63) is 66.2 Å². The van der Waals surface area contributed by atoms with Gasteiger partial charge in [0.25, 0.3) is 5.91 Å². The van der Waals surface area contributed by atoms with Crippen LogP contribution < -0.4 is 4.90 Å². The zero-order valence-corrected chi connectivity index (χ0v) is 14.3. The molecule has 25 heavy (non-hydrogen) atoms. The lowest BCUT2D eigenvalue weighted by Crippen LogP contribution is -2.50. The highest BCUT2D eigenvalue weighted by Crippen LogP contribution is 2.22. The number of hydrogen-bond acceptors (Lipinski definition) is 4. The normalized spacial score (nSPS) is 15.6. The van der Waals surface area contributed by atoms with Crippen LogP contribution in [0.25, 0.3) is 0 Å². The van der Waals surface area contributed by atoms with Gasteiger partial charge in [0.2, 0.25) is 6.10 Å². The molecule has 2 aromatic carbocycles. The first kappa shape index (κ1) is 17.0. The van der Waals surface area contributed by atoms with Gasteiger partial charge >= 0.3 is 5.97 Å². The van der Waals surface area contributed by atoms with Gasteiger partial charge in [0.05, 0.1) is 0 Å². The Morgan fingerprint density at radius 2 is 1.44 bits per heavy atom. The smallest absolute Gasteiger partial charge is 0.303 e. The zero-order valence-electron chi connectivity index (χ0n) is 14.3. The Hall–Kier alpha value is -2.82. The quantitative estimate of drug-likeness (QED) is 0.804. The second kappa shape index (κ2) is 7.83. The number of benzene rings is 2. The molecule has 0 spiro atoms. The lowest BCUT2D eigenvalue weighted by molar-refractivity contribution is -0.159. The predicted molar refractivity (Wildman–Crippen MR) is 96.2 cm³/mol. The molecule has 2 aromatic rings. The third kappa shape index (κ3) is 4.18. The van der Waals surface area contributed by atoms with Gasteiger partial charge in [-0.3, -0.25) is 9.59 Å². The van der Waals surface area contributed by atoms with Gasteiger partial charge in [-0.1, -0.05) is 48.5 Å². The van der Waals surface area contributed by atoms with E-state index >= 15 is 0 Å². The van der Waals surface area contributed by atoms with Crippen molar-refractivity contribution < 1.29 is 14.3 Å². The molecule has 0 bridgehead atoms.